The molecule has 0 fully saturated rings. The summed E-state index contributed by atoms with van der Waals surface area (Å²) in [4.78, 5) is 22.4. The molecule has 132 valence electrons. The van der Waals surface area contributed by atoms with E-state index in [0.29, 0.717) is 6.54 Å². The van der Waals surface area contributed by atoms with E-state index in [2.05, 4.69) is 5.32 Å². The molecule has 2 aromatic carbocycles. The van der Waals surface area contributed by atoms with Crippen molar-refractivity contribution in [2.75, 3.05) is 6.54 Å². The van der Waals surface area contributed by atoms with Gasteiger partial charge in [-0.2, -0.15) is 5.26 Å². The molecule has 0 saturated heterocycles. The van der Waals surface area contributed by atoms with Crippen molar-refractivity contribution in [2.24, 2.45) is 0 Å². The normalized spacial score (nSPS) is 10.8. The van der Waals surface area contributed by atoms with E-state index in [-0.39, 0.29) is 21.8 Å². The third kappa shape index (κ3) is 5.43. The van der Waals surface area contributed by atoms with E-state index >= 15 is 0 Å². The van der Waals surface area contributed by atoms with E-state index in [9.17, 15) is 20.2 Å². The Labute approximate surface area is 155 Å². The van der Waals surface area contributed by atoms with Gasteiger partial charge in [-0.15, -0.1) is 0 Å². The Kier molecular flexibility index (Phi) is 6.89. The molecular formula is C19H16ClN3O3. The average molecular weight is 370 g/mol. The number of hydrogen-bond donors (Lipinski definition) is 1. The van der Waals surface area contributed by atoms with Gasteiger partial charge in [0.25, 0.3) is 11.6 Å². The zero-order valence-electron chi connectivity index (χ0n) is 13.8. The summed E-state index contributed by atoms with van der Waals surface area (Å²) in [7, 11) is 0. The largest absolute Gasteiger partial charge is 0.351 e. The van der Waals surface area contributed by atoms with Crippen molar-refractivity contribution in [3.05, 3.63) is 80.4 Å². The topological polar surface area (TPSA) is 96.0 Å². The van der Waals surface area contributed by atoms with Crippen LogP contribution in [0.15, 0.2) is 54.1 Å². The van der Waals surface area contributed by atoms with Crippen LogP contribution in [0.1, 0.15) is 17.5 Å². The number of halogens is 1. The number of nitro benzene ring substituents is 1. The molecule has 0 aliphatic carbocycles. The number of nitrogens with one attached hydrogen (secondary N) is 1. The lowest BCUT2D eigenvalue weighted by Gasteiger charge is -2.05. The lowest BCUT2D eigenvalue weighted by Crippen LogP contribution is -2.25. The fraction of sp³-hybridized carbons (Fsp3) is 0.158. The third-order valence-electron chi connectivity index (χ3n) is 3.63. The lowest BCUT2D eigenvalue weighted by molar-refractivity contribution is -0.384. The van der Waals surface area contributed by atoms with Gasteiger partial charge >= 0.3 is 0 Å². The van der Waals surface area contributed by atoms with Crippen molar-refractivity contribution in [1.82, 2.24) is 5.32 Å². The first-order valence-corrected chi connectivity index (χ1v) is 8.27. The first-order chi connectivity index (χ1) is 12.5. The number of non-ortho nitro benzene ring substituents is 1. The predicted octanol–water partition coefficient (Wildman–Crippen LogP) is 3.90. The summed E-state index contributed by atoms with van der Waals surface area (Å²) in [5, 5.41) is 22.9. The number of carbonyl (C=O) groups excluding carboxylic acids is 1. The molecular weight excluding hydrogens is 354 g/mol. The van der Waals surface area contributed by atoms with Crippen molar-refractivity contribution in [1.29, 1.82) is 5.26 Å². The molecule has 6 nitrogen and oxygen atoms in total. The van der Waals surface area contributed by atoms with Gasteiger partial charge in [0, 0.05) is 29.3 Å². The van der Waals surface area contributed by atoms with Gasteiger partial charge in [-0.3, -0.25) is 14.9 Å². The zero-order chi connectivity index (χ0) is 18.9. The monoisotopic (exact) mass is 369 g/mol. The molecule has 0 aliphatic rings. The molecule has 0 bridgehead atoms. The van der Waals surface area contributed by atoms with E-state index in [1.165, 1.54) is 29.8 Å². The standard InChI is InChI=1S/C19H16ClN3O3/c20-18-9-8-17(23(25)26)12-15(18)11-16(13-21)19(24)22-10-4-7-14-5-2-1-3-6-14/h1-3,5-6,8-9,11-12H,4,7,10H2,(H,22,24)/b16-11-. The Morgan fingerprint density at radius 1 is 1.27 bits per heavy atom. The van der Waals surface area contributed by atoms with Crippen LogP contribution >= 0.6 is 11.6 Å². The molecule has 0 radical (unpaired) electrons. The molecule has 26 heavy (non-hydrogen) atoms. The van der Waals surface area contributed by atoms with Gasteiger partial charge in [0.1, 0.15) is 11.6 Å². The molecule has 0 spiro atoms. The van der Waals surface area contributed by atoms with Crippen LogP contribution in [0.3, 0.4) is 0 Å². The van der Waals surface area contributed by atoms with Gasteiger partial charge < -0.3 is 5.32 Å². The number of nitro groups is 1. The van der Waals surface area contributed by atoms with Crippen molar-refractivity contribution in [3.63, 3.8) is 0 Å². The maximum Gasteiger partial charge on any atom is 0.270 e. The lowest BCUT2D eigenvalue weighted by atomic mass is 10.1. The summed E-state index contributed by atoms with van der Waals surface area (Å²) in [6.07, 6.45) is 2.79. The van der Waals surface area contributed by atoms with E-state index in [1.807, 2.05) is 30.3 Å². The first-order valence-electron chi connectivity index (χ1n) is 7.89. The van der Waals surface area contributed by atoms with Gasteiger partial charge in [-0.25, -0.2) is 0 Å². The fourth-order valence-electron chi connectivity index (χ4n) is 2.29. The number of amides is 1. The van der Waals surface area contributed by atoms with Crippen molar-refractivity contribution < 1.29 is 9.72 Å². The van der Waals surface area contributed by atoms with Gasteiger partial charge in [0.2, 0.25) is 0 Å². The summed E-state index contributed by atoms with van der Waals surface area (Å²) >= 11 is 5.99. The second-order valence-corrected chi connectivity index (χ2v) is 5.88. The van der Waals surface area contributed by atoms with Gasteiger partial charge in [0.05, 0.1) is 4.92 Å². The number of nitriles is 1. The molecule has 2 rings (SSSR count). The Balaban J connectivity index is 2.00. The summed E-state index contributed by atoms with van der Waals surface area (Å²) < 4.78 is 0. The van der Waals surface area contributed by atoms with Crippen LogP contribution < -0.4 is 5.32 Å². The minimum Gasteiger partial charge on any atom is -0.351 e. The summed E-state index contributed by atoms with van der Waals surface area (Å²) in [6, 6.07) is 15.5. The second-order valence-electron chi connectivity index (χ2n) is 5.48. The zero-order valence-corrected chi connectivity index (χ0v) is 14.6. The molecule has 1 N–H and O–H groups in total. The number of benzene rings is 2. The molecule has 0 atom stereocenters. The molecule has 0 aromatic heterocycles. The Bertz CT molecular complexity index is 873. The first kappa shape index (κ1) is 19.2. The van der Waals surface area contributed by atoms with E-state index in [0.717, 1.165) is 12.8 Å². The average Bonchev–Trinajstić information content (AvgIpc) is 2.65. The quantitative estimate of drug-likeness (QED) is 0.263. The van der Waals surface area contributed by atoms with Crippen LogP contribution in [-0.2, 0) is 11.2 Å². The Morgan fingerprint density at radius 3 is 2.65 bits per heavy atom. The minimum absolute atomic E-state index is 0.160. The second kappa shape index (κ2) is 9.35. The van der Waals surface area contributed by atoms with Crippen LogP contribution in [0.2, 0.25) is 5.02 Å². The van der Waals surface area contributed by atoms with Crippen LogP contribution in [0.25, 0.3) is 6.08 Å². The summed E-state index contributed by atoms with van der Waals surface area (Å²) in [5.41, 5.74) is 1.09. The van der Waals surface area contributed by atoms with Crippen LogP contribution in [0.5, 0.6) is 0 Å². The molecule has 0 aliphatic heterocycles. The summed E-state index contributed by atoms with van der Waals surface area (Å²) in [5.74, 6) is -0.539. The molecule has 0 saturated carbocycles. The van der Waals surface area contributed by atoms with Gasteiger partial charge in [0.15, 0.2) is 0 Å². The predicted molar refractivity (Wildman–Crippen MR) is 99.5 cm³/mol. The maximum absolute atomic E-state index is 12.1. The third-order valence-corrected chi connectivity index (χ3v) is 3.97. The van der Waals surface area contributed by atoms with E-state index in [1.54, 1.807) is 6.07 Å². The minimum atomic E-state index is -0.566. The molecule has 1 amide bonds. The van der Waals surface area contributed by atoms with Crippen molar-refractivity contribution >= 4 is 29.3 Å². The van der Waals surface area contributed by atoms with Gasteiger partial charge in [-0.1, -0.05) is 41.9 Å². The smallest absolute Gasteiger partial charge is 0.270 e. The molecule has 2 aromatic rings. The number of hydrogen-bond acceptors (Lipinski definition) is 4. The number of aryl methyl sites for hydroxylation is 1. The Morgan fingerprint density at radius 2 is 2.00 bits per heavy atom. The maximum atomic E-state index is 12.1. The van der Waals surface area contributed by atoms with E-state index < -0.39 is 10.8 Å². The SMILES string of the molecule is N#C/C(=C/c1cc([N+](=O)[O-])ccc1Cl)C(=O)NCCCc1ccccc1. The molecule has 0 heterocycles. The molecule has 7 heteroatoms. The number of rotatable bonds is 7. The van der Waals surface area contributed by atoms with E-state index in [4.69, 9.17) is 11.6 Å². The van der Waals surface area contributed by atoms with Crippen molar-refractivity contribution in [2.45, 2.75) is 12.8 Å². The van der Waals surface area contributed by atoms with Gasteiger partial charge in [-0.05, 0) is 30.5 Å². The van der Waals surface area contributed by atoms with Crippen LogP contribution in [0, 0.1) is 21.4 Å². The van der Waals surface area contributed by atoms with Crippen molar-refractivity contribution in [3.8, 4) is 6.07 Å². The van der Waals surface area contributed by atoms with Crippen LogP contribution in [0.4, 0.5) is 5.69 Å². The van der Waals surface area contributed by atoms with Crippen LogP contribution in [-0.4, -0.2) is 17.4 Å². The fourth-order valence-corrected chi connectivity index (χ4v) is 2.47. The highest BCUT2D eigenvalue weighted by Gasteiger charge is 2.12. The highest BCUT2D eigenvalue weighted by atomic mass is 35.5. The number of carbonyl (C=O) groups is 1. The summed E-state index contributed by atoms with van der Waals surface area (Å²) in [6.45, 7) is 0.412. The number of nitrogens with zero attached hydrogens (tertiary/aromatic N) is 2. The highest BCUT2D eigenvalue weighted by molar-refractivity contribution is 6.32. The molecule has 0 unspecified atom stereocenters. The highest BCUT2D eigenvalue weighted by Crippen LogP contribution is 2.24. The Hall–Kier alpha value is -3.17.